The number of amides is 1. The number of hydrogen-bond donors (Lipinski definition) is 1. The molecule has 1 atom stereocenters. The second kappa shape index (κ2) is 8.13. The Balaban J connectivity index is 1.96. The van der Waals surface area contributed by atoms with Crippen molar-refractivity contribution in [2.75, 3.05) is 19.5 Å². The SMILES string of the molecule is COc1cccc(CN(C)[C@H](C)C(=O)Nc2ccc(Br)cc2)c1. The second-order valence-corrected chi connectivity index (χ2v) is 6.35. The molecule has 4 nitrogen and oxygen atoms in total. The summed E-state index contributed by atoms with van der Waals surface area (Å²) >= 11 is 3.38. The molecule has 1 N–H and O–H groups in total. The summed E-state index contributed by atoms with van der Waals surface area (Å²) in [5, 5.41) is 2.93. The predicted octanol–water partition coefficient (Wildman–Crippen LogP) is 3.92. The molecule has 1 amide bonds. The van der Waals surface area contributed by atoms with Crippen LogP contribution in [0.1, 0.15) is 12.5 Å². The van der Waals surface area contributed by atoms with Crippen LogP contribution in [0.25, 0.3) is 0 Å². The standard InChI is InChI=1S/C18H21BrN2O2/c1-13(18(22)20-16-9-7-15(19)8-10-16)21(2)12-14-5-4-6-17(11-14)23-3/h4-11,13H,12H2,1-3H3,(H,20,22)/t13-/m1/s1. The molecule has 122 valence electrons. The Morgan fingerprint density at radius 2 is 1.96 bits per heavy atom. The number of rotatable bonds is 6. The molecule has 2 aromatic rings. The van der Waals surface area contributed by atoms with Gasteiger partial charge in [-0.3, -0.25) is 9.69 Å². The van der Waals surface area contributed by atoms with Crippen LogP contribution in [0.3, 0.4) is 0 Å². The Bertz CT molecular complexity index is 658. The highest BCUT2D eigenvalue weighted by atomic mass is 79.9. The Morgan fingerprint density at radius 1 is 1.26 bits per heavy atom. The molecule has 0 spiro atoms. The van der Waals surface area contributed by atoms with Crippen molar-refractivity contribution in [1.29, 1.82) is 0 Å². The molecule has 0 aliphatic heterocycles. The van der Waals surface area contributed by atoms with Crippen molar-refractivity contribution in [2.45, 2.75) is 19.5 Å². The number of likely N-dealkylation sites (N-methyl/N-ethyl adjacent to an activating group) is 1. The van der Waals surface area contributed by atoms with E-state index in [2.05, 4.69) is 21.2 Å². The van der Waals surface area contributed by atoms with E-state index in [0.29, 0.717) is 6.54 Å². The summed E-state index contributed by atoms with van der Waals surface area (Å²) in [6.45, 7) is 2.57. The average molecular weight is 377 g/mol. The maximum Gasteiger partial charge on any atom is 0.241 e. The molecule has 0 radical (unpaired) electrons. The van der Waals surface area contributed by atoms with Gasteiger partial charge in [0, 0.05) is 16.7 Å². The third-order valence-corrected chi connectivity index (χ3v) is 4.25. The summed E-state index contributed by atoms with van der Waals surface area (Å²) in [4.78, 5) is 14.4. The van der Waals surface area contributed by atoms with Crippen LogP contribution in [0.15, 0.2) is 53.0 Å². The monoisotopic (exact) mass is 376 g/mol. The summed E-state index contributed by atoms with van der Waals surface area (Å²) in [7, 11) is 3.59. The van der Waals surface area contributed by atoms with Gasteiger partial charge in [-0.25, -0.2) is 0 Å². The molecule has 0 bridgehead atoms. The first kappa shape index (κ1) is 17.5. The van der Waals surface area contributed by atoms with Crippen LogP contribution in [-0.2, 0) is 11.3 Å². The van der Waals surface area contributed by atoms with Crippen LogP contribution < -0.4 is 10.1 Å². The van der Waals surface area contributed by atoms with E-state index in [0.717, 1.165) is 21.5 Å². The molecule has 0 saturated carbocycles. The number of nitrogens with one attached hydrogen (secondary N) is 1. The van der Waals surface area contributed by atoms with Gasteiger partial charge >= 0.3 is 0 Å². The quantitative estimate of drug-likeness (QED) is 0.830. The molecule has 0 heterocycles. The minimum atomic E-state index is -0.246. The number of benzene rings is 2. The van der Waals surface area contributed by atoms with Crippen molar-refractivity contribution in [1.82, 2.24) is 4.90 Å². The molecule has 0 fully saturated rings. The van der Waals surface area contributed by atoms with Crippen LogP contribution in [0.2, 0.25) is 0 Å². The summed E-state index contributed by atoms with van der Waals surface area (Å²) < 4.78 is 6.22. The lowest BCUT2D eigenvalue weighted by Crippen LogP contribution is -2.39. The lowest BCUT2D eigenvalue weighted by atomic mass is 10.1. The number of anilines is 1. The van der Waals surface area contributed by atoms with Crippen molar-refractivity contribution in [3.8, 4) is 5.75 Å². The summed E-state index contributed by atoms with van der Waals surface area (Å²) in [5.41, 5.74) is 1.90. The third kappa shape index (κ3) is 5.08. The fraction of sp³-hybridized carbons (Fsp3) is 0.278. The molecule has 2 rings (SSSR count). The summed E-state index contributed by atoms with van der Waals surface area (Å²) in [6.07, 6.45) is 0. The van der Waals surface area contributed by atoms with Crippen LogP contribution in [0, 0.1) is 0 Å². The normalized spacial score (nSPS) is 12.0. The fourth-order valence-electron chi connectivity index (χ4n) is 2.18. The number of ether oxygens (including phenoxy) is 1. The molecule has 2 aromatic carbocycles. The maximum absolute atomic E-state index is 12.4. The van der Waals surface area contributed by atoms with E-state index in [1.165, 1.54) is 0 Å². The highest BCUT2D eigenvalue weighted by Crippen LogP contribution is 2.17. The number of methoxy groups -OCH3 is 1. The lowest BCUT2D eigenvalue weighted by molar-refractivity contribution is -0.120. The third-order valence-electron chi connectivity index (χ3n) is 3.72. The smallest absolute Gasteiger partial charge is 0.241 e. The van der Waals surface area contributed by atoms with Gasteiger partial charge in [0.2, 0.25) is 5.91 Å². The first-order valence-corrected chi connectivity index (χ1v) is 8.18. The fourth-order valence-corrected chi connectivity index (χ4v) is 2.44. The Hall–Kier alpha value is -1.85. The van der Waals surface area contributed by atoms with Gasteiger partial charge < -0.3 is 10.1 Å². The predicted molar refractivity (Wildman–Crippen MR) is 96.7 cm³/mol. The van der Waals surface area contributed by atoms with Crippen molar-refractivity contribution in [3.05, 3.63) is 58.6 Å². The Morgan fingerprint density at radius 3 is 2.61 bits per heavy atom. The van der Waals surface area contributed by atoms with Crippen LogP contribution in [0.5, 0.6) is 5.75 Å². The summed E-state index contributed by atoms with van der Waals surface area (Å²) in [6, 6.07) is 15.2. The van der Waals surface area contributed by atoms with Crippen LogP contribution in [0.4, 0.5) is 5.69 Å². The first-order chi connectivity index (χ1) is 11.0. The number of hydrogen-bond acceptors (Lipinski definition) is 3. The number of nitrogens with zero attached hydrogens (tertiary/aromatic N) is 1. The minimum absolute atomic E-state index is 0.0299. The van der Waals surface area contributed by atoms with Gasteiger partial charge in [0.1, 0.15) is 5.75 Å². The zero-order valence-corrected chi connectivity index (χ0v) is 15.1. The van der Waals surface area contributed by atoms with Gasteiger partial charge in [-0.2, -0.15) is 0 Å². The molecule has 0 unspecified atom stereocenters. The van der Waals surface area contributed by atoms with E-state index >= 15 is 0 Å². The van der Waals surface area contributed by atoms with Gasteiger partial charge in [0.15, 0.2) is 0 Å². The van der Waals surface area contributed by atoms with Crippen molar-refractivity contribution in [2.24, 2.45) is 0 Å². The van der Waals surface area contributed by atoms with E-state index in [4.69, 9.17) is 4.74 Å². The lowest BCUT2D eigenvalue weighted by Gasteiger charge is -2.24. The first-order valence-electron chi connectivity index (χ1n) is 7.39. The van der Waals surface area contributed by atoms with E-state index in [-0.39, 0.29) is 11.9 Å². The second-order valence-electron chi connectivity index (χ2n) is 5.44. The van der Waals surface area contributed by atoms with E-state index < -0.39 is 0 Å². The molecule has 5 heteroatoms. The molecule has 0 aliphatic carbocycles. The molecular formula is C18H21BrN2O2. The average Bonchev–Trinajstić information content (AvgIpc) is 2.56. The molecule has 0 aliphatic rings. The van der Waals surface area contributed by atoms with Gasteiger partial charge in [-0.15, -0.1) is 0 Å². The van der Waals surface area contributed by atoms with E-state index in [1.54, 1.807) is 7.11 Å². The number of carbonyl (C=O) groups excluding carboxylic acids is 1. The number of halogens is 1. The van der Waals surface area contributed by atoms with E-state index in [9.17, 15) is 4.79 Å². The topological polar surface area (TPSA) is 41.6 Å². The van der Waals surface area contributed by atoms with Gasteiger partial charge in [0.05, 0.1) is 13.2 Å². The van der Waals surface area contributed by atoms with Crippen LogP contribution >= 0.6 is 15.9 Å². The van der Waals surface area contributed by atoms with Crippen molar-refractivity contribution in [3.63, 3.8) is 0 Å². The molecular weight excluding hydrogens is 356 g/mol. The number of carbonyl (C=O) groups is 1. The zero-order chi connectivity index (χ0) is 16.8. The minimum Gasteiger partial charge on any atom is -0.497 e. The van der Waals surface area contributed by atoms with Gasteiger partial charge in [-0.05, 0) is 55.9 Å². The highest BCUT2D eigenvalue weighted by molar-refractivity contribution is 9.10. The molecule has 0 aromatic heterocycles. The van der Waals surface area contributed by atoms with Crippen molar-refractivity contribution >= 4 is 27.5 Å². The summed E-state index contributed by atoms with van der Waals surface area (Å²) in [5.74, 6) is 0.792. The van der Waals surface area contributed by atoms with Gasteiger partial charge in [0.25, 0.3) is 0 Å². The Labute approximate surface area is 145 Å². The maximum atomic E-state index is 12.4. The molecule has 23 heavy (non-hydrogen) atoms. The highest BCUT2D eigenvalue weighted by Gasteiger charge is 2.18. The Kier molecular flexibility index (Phi) is 6.19. The zero-order valence-electron chi connectivity index (χ0n) is 13.5. The van der Waals surface area contributed by atoms with Crippen molar-refractivity contribution < 1.29 is 9.53 Å². The van der Waals surface area contributed by atoms with Crippen LogP contribution in [-0.4, -0.2) is 31.0 Å². The molecule has 0 saturated heterocycles. The largest absolute Gasteiger partial charge is 0.497 e. The van der Waals surface area contributed by atoms with Gasteiger partial charge in [-0.1, -0.05) is 28.1 Å². The van der Waals surface area contributed by atoms with E-state index in [1.807, 2.05) is 67.4 Å².